The van der Waals surface area contributed by atoms with Gasteiger partial charge in [0.15, 0.2) is 0 Å². The Balaban J connectivity index is 1.58. The molecule has 1 aliphatic carbocycles. The lowest BCUT2D eigenvalue weighted by Gasteiger charge is -2.34. The minimum atomic E-state index is 0.0322. The SMILES string of the molecule is CSc1ccc(/C=C2\CCCC3=C2Nc2nnnn2[C@H]3c2ccc(SC)cc2)cc1. The minimum absolute atomic E-state index is 0.0322. The molecule has 7 heteroatoms. The predicted octanol–water partition coefficient (Wildman–Crippen LogP) is 5.65. The Morgan fingerprint density at radius 1 is 0.967 bits per heavy atom. The highest BCUT2D eigenvalue weighted by molar-refractivity contribution is 7.98. The number of anilines is 1. The zero-order chi connectivity index (χ0) is 20.5. The molecule has 0 spiro atoms. The second-order valence-corrected chi connectivity index (χ2v) is 9.20. The molecule has 0 unspecified atom stereocenters. The van der Waals surface area contributed by atoms with E-state index in [1.165, 1.54) is 37.8 Å². The molecule has 152 valence electrons. The number of hydrogen-bond acceptors (Lipinski definition) is 6. The number of nitrogens with zero attached hydrogens (tertiary/aromatic N) is 4. The van der Waals surface area contributed by atoms with Gasteiger partial charge in [0.25, 0.3) is 0 Å². The molecule has 1 aliphatic heterocycles. The molecule has 1 aromatic heterocycles. The quantitative estimate of drug-likeness (QED) is 0.536. The first-order valence-corrected chi connectivity index (χ1v) is 12.5. The van der Waals surface area contributed by atoms with Gasteiger partial charge in [-0.25, -0.2) is 0 Å². The van der Waals surface area contributed by atoms with Gasteiger partial charge in [0, 0.05) is 15.5 Å². The van der Waals surface area contributed by atoms with Gasteiger partial charge in [-0.2, -0.15) is 4.68 Å². The molecule has 0 saturated carbocycles. The molecular weight excluding hydrogens is 410 g/mol. The highest BCUT2D eigenvalue weighted by Crippen LogP contribution is 2.43. The summed E-state index contributed by atoms with van der Waals surface area (Å²) < 4.78 is 1.92. The summed E-state index contributed by atoms with van der Waals surface area (Å²) in [5.74, 6) is 0.707. The molecule has 1 atom stereocenters. The highest BCUT2D eigenvalue weighted by atomic mass is 32.2. The van der Waals surface area contributed by atoms with Crippen LogP contribution in [-0.4, -0.2) is 32.7 Å². The summed E-state index contributed by atoms with van der Waals surface area (Å²) in [6.45, 7) is 0. The van der Waals surface area contributed by atoms with E-state index in [4.69, 9.17) is 0 Å². The van der Waals surface area contributed by atoms with Gasteiger partial charge < -0.3 is 5.32 Å². The zero-order valence-electron chi connectivity index (χ0n) is 17.0. The fourth-order valence-electron chi connectivity index (χ4n) is 4.24. The average Bonchev–Trinajstić information content (AvgIpc) is 3.27. The molecule has 0 amide bonds. The number of allylic oxidation sites excluding steroid dienone is 2. The molecule has 0 fully saturated rings. The van der Waals surface area contributed by atoms with Crippen LogP contribution in [0, 0.1) is 0 Å². The maximum Gasteiger partial charge on any atom is 0.248 e. The van der Waals surface area contributed by atoms with Crippen molar-refractivity contribution < 1.29 is 0 Å². The molecule has 2 heterocycles. The first-order valence-electron chi connectivity index (χ1n) is 10.0. The van der Waals surface area contributed by atoms with E-state index < -0.39 is 0 Å². The second-order valence-electron chi connectivity index (χ2n) is 7.44. The van der Waals surface area contributed by atoms with Crippen LogP contribution in [0.25, 0.3) is 6.08 Å². The van der Waals surface area contributed by atoms with E-state index in [1.807, 2.05) is 4.68 Å². The third kappa shape index (κ3) is 3.56. The molecule has 5 nitrogen and oxygen atoms in total. The summed E-state index contributed by atoms with van der Waals surface area (Å²) in [5.41, 5.74) is 6.33. The Morgan fingerprint density at radius 3 is 2.37 bits per heavy atom. The first-order chi connectivity index (χ1) is 14.8. The van der Waals surface area contributed by atoms with Crippen LogP contribution in [0.1, 0.15) is 36.4 Å². The zero-order valence-corrected chi connectivity index (χ0v) is 18.6. The summed E-state index contributed by atoms with van der Waals surface area (Å²) in [4.78, 5) is 2.54. The number of nitrogens with one attached hydrogen (secondary N) is 1. The predicted molar refractivity (Wildman–Crippen MR) is 125 cm³/mol. The number of thioether (sulfide) groups is 2. The number of hydrogen-bond donors (Lipinski definition) is 1. The number of fused-ring (bicyclic) bond motifs is 1. The van der Waals surface area contributed by atoms with Crippen molar-refractivity contribution in [3.63, 3.8) is 0 Å². The largest absolute Gasteiger partial charge is 0.323 e. The van der Waals surface area contributed by atoms with Crippen LogP contribution >= 0.6 is 23.5 Å². The van der Waals surface area contributed by atoms with Crippen molar-refractivity contribution in [1.82, 2.24) is 20.2 Å². The van der Waals surface area contributed by atoms with Gasteiger partial charge in [-0.3, -0.25) is 0 Å². The summed E-state index contributed by atoms with van der Waals surface area (Å²) in [6.07, 6.45) is 9.73. The molecule has 2 aliphatic rings. The van der Waals surface area contributed by atoms with Gasteiger partial charge >= 0.3 is 0 Å². The van der Waals surface area contributed by atoms with Crippen molar-refractivity contribution in [3.8, 4) is 0 Å². The van der Waals surface area contributed by atoms with E-state index in [0.717, 1.165) is 19.3 Å². The maximum atomic E-state index is 4.31. The van der Waals surface area contributed by atoms with Crippen molar-refractivity contribution in [1.29, 1.82) is 0 Å². The van der Waals surface area contributed by atoms with Crippen LogP contribution in [0.4, 0.5) is 5.95 Å². The van der Waals surface area contributed by atoms with Gasteiger partial charge in [-0.15, -0.1) is 23.5 Å². The Morgan fingerprint density at radius 2 is 1.67 bits per heavy atom. The number of tetrazole rings is 1. The molecular formula is C23H23N5S2. The summed E-state index contributed by atoms with van der Waals surface area (Å²) in [6, 6.07) is 17.6. The molecule has 0 bridgehead atoms. The summed E-state index contributed by atoms with van der Waals surface area (Å²) >= 11 is 3.52. The average molecular weight is 434 g/mol. The van der Waals surface area contributed by atoms with E-state index in [1.54, 1.807) is 23.5 Å². The minimum Gasteiger partial charge on any atom is -0.323 e. The fourth-order valence-corrected chi connectivity index (χ4v) is 5.06. The van der Waals surface area contributed by atoms with Crippen LogP contribution in [0.3, 0.4) is 0 Å². The Hall–Kier alpha value is -2.51. The van der Waals surface area contributed by atoms with E-state index in [9.17, 15) is 0 Å². The lowest BCUT2D eigenvalue weighted by atomic mass is 9.83. The molecule has 3 aromatic rings. The molecule has 30 heavy (non-hydrogen) atoms. The van der Waals surface area contributed by atoms with E-state index in [-0.39, 0.29) is 6.04 Å². The topological polar surface area (TPSA) is 55.6 Å². The van der Waals surface area contributed by atoms with Crippen molar-refractivity contribution in [2.24, 2.45) is 0 Å². The van der Waals surface area contributed by atoms with E-state index >= 15 is 0 Å². The molecule has 0 radical (unpaired) electrons. The lowest BCUT2D eigenvalue weighted by molar-refractivity contribution is 0.524. The number of benzene rings is 2. The normalized spacial score (nSPS) is 19.4. The smallest absolute Gasteiger partial charge is 0.248 e. The van der Waals surface area contributed by atoms with Crippen molar-refractivity contribution in [3.05, 3.63) is 76.5 Å². The third-order valence-electron chi connectivity index (χ3n) is 5.73. The van der Waals surface area contributed by atoms with Gasteiger partial charge in [0.1, 0.15) is 6.04 Å². The Bertz CT molecular complexity index is 1110. The standard InChI is InChI=1S/C23H23N5S2/c1-29-18-10-6-15(7-11-18)14-17-4-3-5-20-21(17)24-23-25-26-27-28(23)22(20)16-8-12-19(30-2)13-9-16/h6-14,22H,3-5H2,1-2H3,(H,24,25,27)/b17-14+/t22-/m0/s1. The van der Waals surface area contributed by atoms with Crippen molar-refractivity contribution in [2.75, 3.05) is 17.8 Å². The third-order valence-corrected chi connectivity index (χ3v) is 7.21. The first kappa shape index (κ1) is 19.5. The molecule has 2 aromatic carbocycles. The van der Waals surface area contributed by atoms with E-state index in [2.05, 4.69) is 88.0 Å². The van der Waals surface area contributed by atoms with Crippen molar-refractivity contribution in [2.45, 2.75) is 35.1 Å². The van der Waals surface area contributed by atoms with Crippen LogP contribution in [0.5, 0.6) is 0 Å². The summed E-state index contributed by atoms with van der Waals surface area (Å²) in [5, 5.41) is 16.0. The highest BCUT2D eigenvalue weighted by Gasteiger charge is 2.33. The molecule has 5 rings (SSSR count). The Kier molecular flexibility index (Phi) is 5.39. The van der Waals surface area contributed by atoms with Crippen LogP contribution in [0.2, 0.25) is 0 Å². The van der Waals surface area contributed by atoms with Crippen LogP contribution in [-0.2, 0) is 0 Å². The summed E-state index contributed by atoms with van der Waals surface area (Å²) in [7, 11) is 0. The van der Waals surface area contributed by atoms with E-state index in [0.29, 0.717) is 5.95 Å². The number of aromatic nitrogens is 4. The number of rotatable bonds is 4. The lowest BCUT2D eigenvalue weighted by Crippen LogP contribution is -2.28. The monoisotopic (exact) mass is 433 g/mol. The van der Waals surface area contributed by atoms with Crippen LogP contribution in [0.15, 0.2) is 75.2 Å². The van der Waals surface area contributed by atoms with Crippen LogP contribution < -0.4 is 5.32 Å². The van der Waals surface area contributed by atoms with Gasteiger partial charge in [0.05, 0.1) is 0 Å². The Labute approximate surface area is 185 Å². The van der Waals surface area contributed by atoms with Gasteiger partial charge in [0.2, 0.25) is 5.95 Å². The second kappa shape index (κ2) is 8.32. The maximum absolute atomic E-state index is 4.31. The van der Waals surface area contributed by atoms with Crippen molar-refractivity contribution >= 4 is 35.5 Å². The van der Waals surface area contributed by atoms with Gasteiger partial charge in [-0.1, -0.05) is 29.4 Å². The fraction of sp³-hybridized carbons (Fsp3) is 0.261. The van der Waals surface area contributed by atoms with Gasteiger partial charge in [-0.05, 0) is 94.8 Å². The molecule has 1 N–H and O–H groups in total. The molecule has 0 saturated heterocycles.